The Labute approximate surface area is 177 Å². The average molecular weight is 427 g/mol. The molecular formula is C21H19ClN4O4. The highest BCUT2D eigenvalue weighted by Gasteiger charge is 2.27. The Balaban J connectivity index is 1.60. The van der Waals surface area contributed by atoms with Crippen LogP contribution in [0.3, 0.4) is 0 Å². The zero-order chi connectivity index (χ0) is 21.4. The van der Waals surface area contributed by atoms with E-state index in [9.17, 15) is 14.4 Å². The summed E-state index contributed by atoms with van der Waals surface area (Å²) in [5, 5.41) is 11.2. The van der Waals surface area contributed by atoms with Gasteiger partial charge in [-0.1, -0.05) is 23.7 Å². The van der Waals surface area contributed by atoms with E-state index in [2.05, 4.69) is 15.7 Å². The van der Waals surface area contributed by atoms with Gasteiger partial charge in [0.25, 0.3) is 11.8 Å². The molecule has 0 fully saturated rings. The molecule has 0 aliphatic carbocycles. The van der Waals surface area contributed by atoms with Crippen LogP contribution in [0.25, 0.3) is 0 Å². The SMILES string of the molecule is Cc1ccc(C)c(N2N=C(C(=O)Nc3cc4c(cc3Cl)NC(=O)CO4)CCC2=O)c1. The number of halogens is 1. The van der Waals surface area contributed by atoms with Crippen molar-refractivity contribution >= 4 is 52.1 Å². The maximum absolute atomic E-state index is 12.8. The quantitative estimate of drug-likeness (QED) is 0.785. The third kappa shape index (κ3) is 3.86. The monoisotopic (exact) mass is 426 g/mol. The van der Waals surface area contributed by atoms with Gasteiger partial charge in [0, 0.05) is 18.9 Å². The number of fused-ring (bicyclic) bond motifs is 1. The molecule has 0 saturated heterocycles. The number of hydrazone groups is 1. The molecule has 0 spiro atoms. The van der Waals surface area contributed by atoms with Crippen LogP contribution in [0, 0.1) is 13.8 Å². The van der Waals surface area contributed by atoms with Crippen molar-refractivity contribution in [3.05, 3.63) is 46.5 Å². The van der Waals surface area contributed by atoms with Crippen molar-refractivity contribution in [2.24, 2.45) is 5.10 Å². The Morgan fingerprint density at radius 1 is 1.20 bits per heavy atom. The zero-order valence-corrected chi connectivity index (χ0v) is 17.2. The van der Waals surface area contributed by atoms with Gasteiger partial charge >= 0.3 is 0 Å². The van der Waals surface area contributed by atoms with Gasteiger partial charge < -0.3 is 15.4 Å². The topological polar surface area (TPSA) is 100 Å². The van der Waals surface area contributed by atoms with Gasteiger partial charge in [-0.15, -0.1) is 0 Å². The van der Waals surface area contributed by atoms with Crippen molar-refractivity contribution < 1.29 is 19.1 Å². The van der Waals surface area contributed by atoms with Crippen LogP contribution in [0.1, 0.15) is 24.0 Å². The van der Waals surface area contributed by atoms with Gasteiger partial charge in [-0.2, -0.15) is 5.10 Å². The lowest BCUT2D eigenvalue weighted by molar-refractivity contribution is -0.119. The molecule has 2 aliphatic heterocycles. The summed E-state index contributed by atoms with van der Waals surface area (Å²) in [6.45, 7) is 3.70. The second kappa shape index (κ2) is 7.79. The molecule has 0 bridgehead atoms. The number of carbonyl (C=O) groups is 3. The molecule has 9 heteroatoms. The molecule has 154 valence electrons. The van der Waals surface area contributed by atoms with E-state index in [-0.39, 0.29) is 42.0 Å². The molecule has 2 N–H and O–H groups in total. The first-order valence-corrected chi connectivity index (χ1v) is 9.75. The summed E-state index contributed by atoms with van der Waals surface area (Å²) >= 11 is 6.25. The summed E-state index contributed by atoms with van der Waals surface area (Å²) in [6, 6.07) is 8.79. The van der Waals surface area contributed by atoms with Crippen LogP contribution in [0.4, 0.5) is 17.1 Å². The first kappa shape index (κ1) is 19.9. The highest BCUT2D eigenvalue weighted by Crippen LogP contribution is 2.36. The number of aryl methyl sites for hydroxylation is 2. The van der Waals surface area contributed by atoms with Gasteiger partial charge in [-0.05, 0) is 37.1 Å². The minimum Gasteiger partial charge on any atom is -0.482 e. The van der Waals surface area contributed by atoms with E-state index in [4.69, 9.17) is 16.3 Å². The van der Waals surface area contributed by atoms with E-state index in [1.807, 2.05) is 32.0 Å². The van der Waals surface area contributed by atoms with Crippen LogP contribution in [0.15, 0.2) is 35.4 Å². The summed E-state index contributed by atoms with van der Waals surface area (Å²) in [5.74, 6) is -0.495. The Bertz CT molecular complexity index is 1110. The number of amides is 3. The normalized spacial score (nSPS) is 15.7. The van der Waals surface area contributed by atoms with E-state index in [0.717, 1.165) is 11.1 Å². The van der Waals surface area contributed by atoms with Crippen LogP contribution in [-0.4, -0.2) is 30.0 Å². The predicted molar refractivity (Wildman–Crippen MR) is 114 cm³/mol. The number of nitrogens with zero attached hydrogens (tertiary/aromatic N) is 2. The van der Waals surface area contributed by atoms with Gasteiger partial charge in [0.05, 0.1) is 22.1 Å². The van der Waals surface area contributed by atoms with Gasteiger partial charge in [-0.3, -0.25) is 14.4 Å². The minimum absolute atomic E-state index is 0.109. The second-order valence-electron chi connectivity index (χ2n) is 7.16. The summed E-state index contributed by atoms with van der Waals surface area (Å²) in [7, 11) is 0. The van der Waals surface area contributed by atoms with Crippen LogP contribution in [0.2, 0.25) is 5.02 Å². The molecule has 0 saturated carbocycles. The molecule has 0 radical (unpaired) electrons. The fraction of sp³-hybridized carbons (Fsp3) is 0.238. The number of benzene rings is 2. The summed E-state index contributed by atoms with van der Waals surface area (Å²) in [4.78, 5) is 36.7. The van der Waals surface area contributed by atoms with Crippen LogP contribution in [-0.2, 0) is 14.4 Å². The molecule has 3 amide bonds. The number of carbonyl (C=O) groups excluding carboxylic acids is 3. The van der Waals surface area contributed by atoms with Gasteiger partial charge in [0.2, 0.25) is 5.91 Å². The predicted octanol–water partition coefficient (Wildman–Crippen LogP) is 3.41. The molecule has 0 aromatic heterocycles. The fourth-order valence-electron chi connectivity index (χ4n) is 3.24. The first-order chi connectivity index (χ1) is 14.3. The summed E-state index contributed by atoms with van der Waals surface area (Å²) in [6.07, 6.45) is 0.397. The lowest BCUT2D eigenvalue weighted by Gasteiger charge is -2.25. The average Bonchev–Trinajstić information content (AvgIpc) is 2.71. The molecule has 2 aliphatic rings. The van der Waals surface area contributed by atoms with Crippen LogP contribution >= 0.6 is 11.6 Å². The first-order valence-electron chi connectivity index (χ1n) is 9.37. The third-order valence-electron chi connectivity index (χ3n) is 4.84. The van der Waals surface area contributed by atoms with Crippen molar-refractivity contribution in [2.45, 2.75) is 26.7 Å². The van der Waals surface area contributed by atoms with Gasteiger partial charge in [0.1, 0.15) is 11.5 Å². The number of anilines is 3. The molecular weight excluding hydrogens is 408 g/mol. The summed E-state index contributed by atoms with van der Waals surface area (Å²) in [5.41, 5.74) is 3.52. The Hall–Kier alpha value is -3.39. The van der Waals surface area contributed by atoms with Crippen LogP contribution in [0.5, 0.6) is 5.75 Å². The van der Waals surface area contributed by atoms with Gasteiger partial charge in [-0.25, -0.2) is 5.01 Å². The number of rotatable bonds is 3. The number of ether oxygens (including phenoxy) is 1. The van der Waals surface area contributed by atoms with Crippen LogP contribution < -0.4 is 20.4 Å². The Morgan fingerprint density at radius 3 is 2.80 bits per heavy atom. The standard InChI is InChI=1S/C21H19ClN4O4/c1-11-3-4-12(2)17(7-11)26-20(28)6-5-14(25-26)21(29)24-15-9-18-16(8-13(15)22)23-19(27)10-30-18/h3-4,7-9H,5-6,10H2,1-2H3,(H,23,27)(H,24,29). The maximum Gasteiger partial charge on any atom is 0.271 e. The minimum atomic E-state index is -0.459. The van der Waals surface area contributed by atoms with Gasteiger partial charge in [0.15, 0.2) is 6.61 Å². The number of hydrogen-bond donors (Lipinski definition) is 2. The lowest BCUT2D eigenvalue weighted by atomic mass is 10.1. The van der Waals surface area contributed by atoms with E-state index in [1.54, 1.807) is 6.07 Å². The molecule has 8 nitrogen and oxygen atoms in total. The maximum atomic E-state index is 12.8. The van der Waals surface area contributed by atoms with Crippen molar-refractivity contribution in [3.8, 4) is 5.75 Å². The Morgan fingerprint density at radius 2 is 2.00 bits per heavy atom. The third-order valence-corrected chi connectivity index (χ3v) is 5.15. The zero-order valence-electron chi connectivity index (χ0n) is 16.4. The highest BCUT2D eigenvalue weighted by molar-refractivity contribution is 6.45. The molecule has 4 rings (SSSR count). The second-order valence-corrected chi connectivity index (χ2v) is 7.57. The van der Waals surface area contributed by atoms with Crippen molar-refractivity contribution in [1.29, 1.82) is 0 Å². The molecule has 0 unspecified atom stereocenters. The number of nitrogens with one attached hydrogen (secondary N) is 2. The molecule has 2 aromatic carbocycles. The van der Waals surface area contributed by atoms with E-state index in [1.165, 1.54) is 11.1 Å². The molecule has 2 heterocycles. The van der Waals surface area contributed by atoms with E-state index in [0.29, 0.717) is 22.8 Å². The lowest BCUT2D eigenvalue weighted by Crippen LogP contribution is -2.36. The van der Waals surface area contributed by atoms with E-state index >= 15 is 0 Å². The molecule has 30 heavy (non-hydrogen) atoms. The van der Waals surface area contributed by atoms with Crippen molar-refractivity contribution in [2.75, 3.05) is 22.2 Å². The number of hydrogen-bond acceptors (Lipinski definition) is 5. The molecule has 2 aromatic rings. The highest BCUT2D eigenvalue weighted by atomic mass is 35.5. The van der Waals surface area contributed by atoms with E-state index < -0.39 is 5.91 Å². The fourth-order valence-corrected chi connectivity index (χ4v) is 3.45. The largest absolute Gasteiger partial charge is 0.482 e. The smallest absolute Gasteiger partial charge is 0.271 e. The Kier molecular flexibility index (Phi) is 5.17. The summed E-state index contributed by atoms with van der Waals surface area (Å²) < 4.78 is 5.37. The van der Waals surface area contributed by atoms with Crippen molar-refractivity contribution in [1.82, 2.24) is 0 Å². The van der Waals surface area contributed by atoms with Crippen molar-refractivity contribution in [3.63, 3.8) is 0 Å². The molecule has 0 atom stereocenters.